The zero-order valence-electron chi connectivity index (χ0n) is 10.2. The molecule has 1 heterocycles. The van der Waals surface area contributed by atoms with Crippen molar-refractivity contribution in [3.63, 3.8) is 0 Å². The van der Waals surface area contributed by atoms with Gasteiger partial charge in [0.25, 0.3) is 0 Å². The fourth-order valence-electron chi connectivity index (χ4n) is 1.62. The van der Waals surface area contributed by atoms with Crippen LogP contribution in [0.2, 0.25) is 0 Å². The highest BCUT2D eigenvalue weighted by Crippen LogP contribution is 1.97. The van der Waals surface area contributed by atoms with E-state index in [0.29, 0.717) is 32.2 Å². The molecule has 0 saturated carbocycles. The Kier molecular flexibility index (Phi) is 6.34. The summed E-state index contributed by atoms with van der Waals surface area (Å²) in [6.45, 7) is 3.07. The van der Waals surface area contributed by atoms with Crippen molar-refractivity contribution in [1.29, 1.82) is 0 Å². The van der Waals surface area contributed by atoms with E-state index < -0.39 is 0 Å². The monoisotopic (exact) mass is 243 g/mol. The first-order chi connectivity index (χ1) is 8.27. The lowest BCUT2D eigenvalue weighted by molar-refractivity contribution is -0.120. The maximum atomic E-state index is 11.4. The van der Waals surface area contributed by atoms with Crippen LogP contribution in [0.5, 0.6) is 0 Å². The van der Waals surface area contributed by atoms with Crippen LogP contribution < -0.4 is 16.6 Å². The molecule has 1 amide bonds. The third-order valence-electron chi connectivity index (χ3n) is 2.46. The van der Waals surface area contributed by atoms with Gasteiger partial charge in [-0.05, 0) is 12.8 Å². The highest BCUT2D eigenvalue weighted by atomic mass is 16.5. The predicted octanol–water partition coefficient (Wildman–Crippen LogP) is -1.34. The number of ether oxygens (including phenoxy) is 1. The molecular formula is C10H21N5O2. The molecule has 0 aliphatic carbocycles. The molecular weight excluding hydrogens is 222 g/mol. The molecule has 0 spiro atoms. The van der Waals surface area contributed by atoms with Crippen molar-refractivity contribution in [3.05, 3.63) is 0 Å². The third-order valence-corrected chi connectivity index (χ3v) is 2.46. The third kappa shape index (κ3) is 5.01. The van der Waals surface area contributed by atoms with Crippen molar-refractivity contribution in [3.8, 4) is 0 Å². The summed E-state index contributed by atoms with van der Waals surface area (Å²) in [5.41, 5.74) is 2.55. The van der Waals surface area contributed by atoms with E-state index in [4.69, 9.17) is 10.6 Å². The summed E-state index contributed by atoms with van der Waals surface area (Å²) in [6.07, 6.45) is 1.73. The fraction of sp³-hybridized carbons (Fsp3) is 0.800. The predicted molar refractivity (Wildman–Crippen MR) is 65.3 cm³/mol. The van der Waals surface area contributed by atoms with Gasteiger partial charge in [0.05, 0.1) is 6.54 Å². The minimum absolute atomic E-state index is 0.00217. The van der Waals surface area contributed by atoms with E-state index in [1.54, 1.807) is 7.11 Å². The maximum Gasteiger partial charge on any atom is 0.239 e. The lowest BCUT2D eigenvalue weighted by Gasteiger charge is -2.22. The number of methoxy groups -OCH3 is 1. The van der Waals surface area contributed by atoms with Gasteiger partial charge in [0, 0.05) is 33.4 Å². The van der Waals surface area contributed by atoms with Gasteiger partial charge in [0.15, 0.2) is 0 Å². The van der Waals surface area contributed by atoms with Crippen molar-refractivity contribution in [1.82, 2.24) is 15.6 Å². The molecule has 1 aliphatic heterocycles. The Bertz CT molecular complexity index is 269. The van der Waals surface area contributed by atoms with Gasteiger partial charge in [0.2, 0.25) is 11.9 Å². The number of rotatable bonds is 4. The summed E-state index contributed by atoms with van der Waals surface area (Å²) in [5.74, 6) is 6.00. The molecule has 0 radical (unpaired) electrons. The van der Waals surface area contributed by atoms with Gasteiger partial charge in [-0.2, -0.15) is 0 Å². The van der Waals surface area contributed by atoms with Crippen LogP contribution in [0.25, 0.3) is 0 Å². The van der Waals surface area contributed by atoms with Crippen LogP contribution in [0.4, 0.5) is 0 Å². The Morgan fingerprint density at radius 2 is 2.53 bits per heavy atom. The number of aliphatic imine (C=N–C) groups is 1. The number of carbonyl (C=O) groups excluding carboxylic acids is 1. The van der Waals surface area contributed by atoms with Crippen LogP contribution in [-0.2, 0) is 9.53 Å². The summed E-state index contributed by atoms with van der Waals surface area (Å²) >= 11 is 0. The molecule has 0 unspecified atom stereocenters. The van der Waals surface area contributed by atoms with Crippen molar-refractivity contribution in [2.45, 2.75) is 12.8 Å². The molecule has 98 valence electrons. The Hall–Kier alpha value is -1.34. The van der Waals surface area contributed by atoms with Crippen LogP contribution >= 0.6 is 0 Å². The van der Waals surface area contributed by atoms with Crippen LogP contribution in [-0.4, -0.2) is 56.7 Å². The SMILES string of the molecule is COCCCN=C(NN)N1CCCNC(=O)C1. The van der Waals surface area contributed by atoms with Crippen molar-refractivity contribution in [2.24, 2.45) is 10.8 Å². The average Bonchev–Trinajstić information content (AvgIpc) is 2.54. The lowest BCUT2D eigenvalue weighted by Crippen LogP contribution is -2.47. The van der Waals surface area contributed by atoms with Crippen LogP contribution in [0, 0.1) is 0 Å². The molecule has 0 atom stereocenters. The fourth-order valence-corrected chi connectivity index (χ4v) is 1.62. The molecule has 0 bridgehead atoms. The molecule has 1 fully saturated rings. The van der Waals surface area contributed by atoms with Gasteiger partial charge in [-0.15, -0.1) is 0 Å². The van der Waals surface area contributed by atoms with Crippen LogP contribution in [0.1, 0.15) is 12.8 Å². The maximum absolute atomic E-state index is 11.4. The average molecular weight is 243 g/mol. The summed E-state index contributed by atoms with van der Waals surface area (Å²) in [5, 5.41) is 2.81. The zero-order valence-corrected chi connectivity index (χ0v) is 10.2. The molecule has 7 heteroatoms. The van der Waals surface area contributed by atoms with Gasteiger partial charge in [-0.1, -0.05) is 0 Å². The number of nitrogens with two attached hydrogens (primary N) is 1. The molecule has 1 rings (SSSR count). The van der Waals surface area contributed by atoms with Crippen LogP contribution in [0.15, 0.2) is 4.99 Å². The van der Waals surface area contributed by atoms with Crippen molar-refractivity contribution >= 4 is 11.9 Å². The second kappa shape index (κ2) is 7.86. The van der Waals surface area contributed by atoms with Crippen molar-refractivity contribution in [2.75, 3.05) is 39.9 Å². The first-order valence-electron chi connectivity index (χ1n) is 5.79. The Labute approximate surface area is 101 Å². The largest absolute Gasteiger partial charge is 0.385 e. The van der Waals surface area contributed by atoms with Crippen LogP contribution in [0.3, 0.4) is 0 Å². The highest BCUT2D eigenvalue weighted by Gasteiger charge is 2.17. The molecule has 0 aromatic rings. The highest BCUT2D eigenvalue weighted by molar-refractivity contribution is 5.86. The second-order valence-electron chi connectivity index (χ2n) is 3.82. The van der Waals surface area contributed by atoms with E-state index >= 15 is 0 Å². The first-order valence-corrected chi connectivity index (χ1v) is 5.79. The van der Waals surface area contributed by atoms with E-state index in [2.05, 4.69) is 15.7 Å². The number of nitrogens with zero attached hydrogens (tertiary/aromatic N) is 2. The summed E-state index contributed by atoms with van der Waals surface area (Å²) in [6, 6.07) is 0. The summed E-state index contributed by atoms with van der Waals surface area (Å²) < 4.78 is 4.94. The number of guanidine groups is 1. The van der Waals surface area contributed by atoms with Gasteiger partial charge < -0.3 is 15.0 Å². The number of amides is 1. The number of hydrogen-bond acceptors (Lipinski definition) is 4. The molecule has 17 heavy (non-hydrogen) atoms. The lowest BCUT2D eigenvalue weighted by atomic mass is 10.4. The smallest absolute Gasteiger partial charge is 0.239 e. The van der Waals surface area contributed by atoms with Crippen molar-refractivity contribution < 1.29 is 9.53 Å². The number of nitrogens with one attached hydrogen (secondary N) is 2. The quantitative estimate of drug-likeness (QED) is 0.187. The van der Waals surface area contributed by atoms with E-state index in [-0.39, 0.29) is 5.91 Å². The Morgan fingerprint density at radius 3 is 3.24 bits per heavy atom. The van der Waals surface area contributed by atoms with E-state index in [1.165, 1.54) is 0 Å². The number of carbonyl (C=O) groups is 1. The molecule has 4 N–H and O–H groups in total. The molecule has 1 saturated heterocycles. The summed E-state index contributed by atoms with van der Waals surface area (Å²) in [7, 11) is 1.66. The molecule has 7 nitrogen and oxygen atoms in total. The Balaban J connectivity index is 2.49. The minimum Gasteiger partial charge on any atom is -0.385 e. The molecule has 1 aliphatic rings. The van der Waals surface area contributed by atoms with Gasteiger partial charge >= 0.3 is 0 Å². The molecule has 0 aromatic carbocycles. The Morgan fingerprint density at radius 1 is 1.71 bits per heavy atom. The topological polar surface area (TPSA) is 92.0 Å². The zero-order chi connectivity index (χ0) is 12.5. The standard InChI is InChI=1S/C10H21N5O2/c1-17-7-3-5-13-10(14-11)15-6-2-4-12-9(16)8-15/h2-8,11H2,1H3,(H,12,16)(H,13,14). The summed E-state index contributed by atoms with van der Waals surface area (Å²) in [4.78, 5) is 17.6. The number of hydrazine groups is 1. The van der Waals surface area contributed by atoms with Gasteiger partial charge in [-0.25, -0.2) is 5.84 Å². The van der Waals surface area contributed by atoms with E-state index in [9.17, 15) is 4.79 Å². The first kappa shape index (κ1) is 13.7. The molecule has 0 aromatic heterocycles. The van der Waals surface area contributed by atoms with Gasteiger partial charge in [-0.3, -0.25) is 15.2 Å². The van der Waals surface area contributed by atoms with E-state index in [0.717, 1.165) is 19.4 Å². The van der Waals surface area contributed by atoms with E-state index in [1.807, 2.05) is 4.90 Å². The number of hydrogen-bond donors (Lipinski definition) is 3. The van der Waals surface area contributed by atoms with Gasteiger partial charge in [0.1, 0.15) is 0 Å². The second-order valence-corrected chi connectivity index (χ2v) is 3.82. The minimum atomic E-state index is 0.00217. The normalized spacial score (nSPS) is 17.6.